The molecule has 1 aromatic carbocycles. The summed E-state index contributed by atoms with van der Waals surface area (Å²) in [5.41, 5.74) is 7.58. The van der Waals surface area contributed by atoms with E-state index in [1.165, 1.54) is 6.07 Å². The first-order valence-electron chi connectivity index (χ1n) is 8.87. The molecule has 2 N–H and O–H groups in total. The summed E-state index contributed by atoms with van der Waals surface area (Å²) in [5, 5.41) is 0. The Labute approximate surface area is 150 Å². The van der Waals surface area contributed by atoms with Gasteiger partial charge in [0.1, 0.15) is 0 Å². The normalized spacial score (nSPS) is 23.3. The van der Waals surface area contributed by atoms with Gasteiger partial charge in [-0.3, -0.25) is 4.90 Å². The van der Waals surface area contributed by atoms with Crippen molar-refractivity contribution < 1.29 is 13.2 Å². The van der Waals surface area contributed by atoms with Crippen LogP contribution in [0.5, 0.6) is 0 Å². The molecule has 0 radical (unpaired) electrons. The molecule has 2 aliphatic rings. The highest BCUT2D eigenvalue weighted by Gasteiger charge is 2.44. The van der Waals surface area contributed by atoms with E-state index in [1.54, 1.807) is 18.3 Å². The number of anilines is 1. The SMILES string of the molecule is Nc1ncc2c(n1)C1(CCCN(Cc3ccccc3C(F)(F)F)C1)CC2. The van der Waals surface area contributed by atoms with Gasteiger partial charge in [0.2, 0.25) is 5.95 Å². The first kappa shape index (κ1) is 17.3. The minimum Gasteiger partial charge on any atom is -0.368 e. The molecule has 26 heavy (non-hydrogen) atoms. The molecule has 1 aliphatic carbocycles. The summed E-state index contributed by atoms with van der Waals surface area (Å²) in [6.07, 6.45) is 1.27. The first-order chi connectivity index (χ1) is 12.4. The molecule has 4 nitrogen and oxygen atoms in total. The molecule has 1 unspecified atom stereocenters. The van der Waals surface area contributed by atoms with Crippen molar-refractivity contribution in [1.82, 2.24) is 14.9 Å². The van der Waals surface area contributed by atoms with E-state index >= 15 is 0 Å². The van der Waals surface area contributed by atoms with E-state index in [0.717, 1.165) is 49.6 Å². The van der Waals surface area contributed by atoms with E-state index < -0.39 is 11.7 Å². The molecular formula is C19H21F3N4. The lowest BCUT2D eigenvalue weighted by atomic mass is 9.77. The number of benzene rings is 1. The van der Waals surface area contributed by atoms with Crippen LogP contribution in [0.3, 0.4) is 0 Å². The van der Waals surface area contributed by atoms with Crippen molar-refractivity contribution in [2.45, 2.75) is 43.8 Å². The van der Waals surface area contributed by atoms with Crippen LogP contribution in [0.4, 0.5) is 19.1 Å². The summed E-state index contributed by atoms with van der Waals surface area (Å²) in [6, 6.07) is 5.85. The topological polar surface area (TPSA) is 55.0 Å². The predicted molar refractivity (Wildman–Crippen MR) is 92.4 cm³/mol. The van der Waals surface area contributed by atoms with Crippen LogP contribution in [0.2, 0.25) is 0 Å². The second-order valence-electron chi connectivity index (χ2n) is 7.35. The van der Waals surface area contributed by atoms with Gasteiger partial charge in [-0.1, -0.05) is 18.2 Å². The second kappa shape index (κ2) is 6.23. The van der Waals surface area contributed by atoms with Gasteiger partial charge >= 0.3 is 6.18 Å². The monoisotopic (exact) mass is 362 g/mol. The zero-order chi connectivity index (χ0) is 18.4. The smallest absolute Gasteiger partial charge is 0.368 e. The highest BCUT2D eigenvalue weighted by atomic mass is 19.4. The van der Waals surface area contributed by atoms with Crippen LogP contribution < -0.4 is 5.73 Å². The van der Waals surface area contributed by atoms with E-state index in [4.69, 9.17) is 5.73 Å². The maximum Gasteiger partial charge on any atom is 0.416 e. The van der Waals surface area contributed by atoms with Gasteiger partial charge in [0.05, 0.1) is 11.3 Å². The number of likely N-dealkylation sites (tertiary alicyclic amines) is 1. The third kappa shape index (κ3) is 3.05. The number of piperidine rings is 1. The lowest BCUT2D eigenvalue weighted by Gasteiger charge is -2.40. The largest absolute Gasteiger partial charge is 0.416 e. The molecule has 1 saturated heterocycles. The lowest BCUT2D eigenvalue weighted by Crippen LogP contribution is -2.45. The number of hydrogen-bond donors (Lipinski definition) is 1. The summed E-state index contributed by atoms with van der Waals surface area (Å²) in [5.74, 6) is 0.268. The van der Waals surface area contributed by atoms with E-state index in [9.17, 15) is 13.2 Å². The van der Waals surface area contributed by atoms with Gasteiger partial charge in [-0.25, -0.2) is 9.97 Å². The molecule has 7 heteroatoms. The van der Waals surface area contributed by atoms with Gasteiger partial charge in [-0.05, 0) is 49.4 Å². The summed E-state index contributed by atoms with van der Waals surface area (Å²) in [7, 11) is 0. The van der Waals surface area contributed by atoms with Crippen LogP contribution in [0.15, 0.2) is 30.5 Å². The standard InChI is InChI=1S/C19H21F3N4/c20-19(21,22)15-5-2-1-4-14(15)11-26-9-3-7-18(12-26)8-6-13-10-24-17(23)25-16(13)18/h1-2,4-5,10H,3,6-9,11-12H2,(H2,23,24,25). The fourth-order valence-electron chi connectivity index (χ4n) is 4.49. The molecule has 2 heterocycles. The van der Waals surface area contributed by atoms with Crippen LogP contribution in [-0.2, 0) is 24.6 Å². The summed E-state index contributed by atoms with van der Waals surface area (Å²) in [6.45, 7) is 1.81. The van der Waals surface area contributed by atoms with Gasteiger partial charge in [-0.2, -0.15) is 13.2 Å². The molecular weight excluding hydrogens is 341 g/mol. The maximum atomic E-state index is 13.3. The molecule has 0 saturated carbocycles. The van der Waals surface area contributed by atoms with Crippen LogP contribution >= 0.6 is 0 Å². The van der Waals surface area contributed by atoms with Crippen molar-refractivity contribution in [2.75, 3.05) is 18.8 Å². The van der Waals surface area contributed by atoms with E-state index in [-0.39, 0.29) is 11.4 Å². The number of aryl methyl sites for hydroxylation is 1. The maximum absolute atomic E-state index is 13.3. The first-order valence-corrected chi connectivity index (χ1v) is 8.87. The van der Waals surface area contributed by atoms with Gasteiger partial charge in [0.25, 0.3) is 0 Å². The van der Waals surface area contributed by atoms with Gasteiger partial charge in [0.15, 0.2) is 0 Å². The highest BCUT2D eigenvalue weighted by Crippen LogP contribution is 2.44. The number of aromatic nitrogens is 2. The number of fused-ring (bicyclic) bond motifs is 2. The van der Waals surface area contributed by atoms with Crippen molar-refractivity contribution in [2.24, 2.45) is 0 Å². The Morgan fingerprint density at radius 3 is 2.81 bits per heavy atom. The molecule has 138 valence electrons. The van der Waals surface area contributed by atoms with E-state index in [2.05, 4.69) is 14.9 Å². The fraction of sp³-hybridized carbons (Fsp3) is 0.474. The van der Waals surface area contributed by atoms with Gasteiger partial charge in [0, 0.05) is 24.7 Å². The summed E-state index contributed by atoms with van der Waals surface area (Å²) in [4.78, 5) is 10.7. The minimum absolute atomic E-state index is 0.113. The van der Waals surface area contributed by atoms with Crippen molar-refractivity contribution in [3.05, 3.63) is 52.8 Å². The highest BCUT2D eigenvalue weighted by molar-refractivity contribution is 5.37. The third-order valence-corrected chi connectivity index (χ3v) is 5.63. The molecule has 1 aromatic heterocycles. The number of rotatable bonds is 2. The number of alkyl halides is 3. The average Bonchev–Trinajstić information content (AvgIpc) is 2.92. The summed E-state index contributed by atoms with van der Waals surface area (Å²) >= 11 is 0. The second-order valence-corrected chi connectivity index (χ2v) is 7.35. The van der Waals surface area contributed by atoms with Crippen LogP contribution in [0.25, 0.3) is 0 Å². The molecule has 4 rings (SSSR count). The average molecular weight is 362 g/mol. The number of nitrogens with two attached hydrogens (primary N) is 1. The molecule has 1 fully saturated rings. The molecule has 1 atom stereocenters. The Bertz CT molecular complexity index is 817. The van der Waals surface area contributed by atoms with Crippen molar-refractivity contribution >= 4 is 5.95 Å². The number of nitrogen functional groups attached to an aromatic ring is 1. The number of nitrogens with zero attached hydrogens (tertiary/aromatic N) is 3. The summed E-state index contributed by atoms with van der Waals surface area (Å²) < 4.78 is 39.9. The Balaban J connectivity index is 1.60. The fourth-order valence-corrected chi connectivity index (χ4v) is 4.49. The minimum atomic E-state index is -4.33. The zero-order valence-corrected chi connectivity index (χ0v) is 14.4. The third-order valence-electron chi connectivity index (χ3n) is 5.63. The molecule has 0 bridgehead atoms. The Kier molecular flexibility index (Phi) is 4.14. The Morgan fingerprint density at radius 1 is 1.19 bits per heavy atom. The van der Waals surface area contributed by atoms with Crippen LogP contribution in [0.1, 0.15) is 41.6 Å². The van der Waals surface area contributed by atoms with Crippen molar-refractivity contribution in [1.29, 1.82) is 0 Å². The van der Waals surface area contributed by atoms with Crippen LogP contribution in [-0.4, -0.2) is 28.0 Å². The van der Waals surface area contributed by atoms with Crippen molar-refractivity contribution in [3.63, 3.8) is 0 Å². The van der Waals surface area contributed by atoms with Crippen molar-refractivity contribution in [3.8, 4) is 0 Å². The molecule has 1 aliphatic heterocycles. The van der Waals surface area contributed by atoms with Crippen LogP contribution in [0, 0.1) is 0 Å². The Morgan fingerprint density at radius 2 is 2.00 bits per heavy atom. The zero-order valence-electron chi connectivity index (χ0n) is 14.4. The Hall–Kier alpha value is -2.15. The molecule has 2 aromatic rings. The van der Waals surface area contributed by atoms with E-state index in [0.29, 0.717) is 18.7 Å². The number of halogens is 3. The number of hydrogen-bond acceptors (Lipinski definition) is 4. The lowest BCUT2D eigenvalue weighted by molar-refractivity contribution is -0.138. The predicted octanol–water partition coefficient (Wildman–Crippen LogP) is 3.56. The van der Waals surface area contributed by atoms with Gasteiger partial charge in [-0.15, -0.1) is 0 Å². The quantitative estimate of drug-likeness (QED) is 0.888. The molecule has 1 spiro atoms. The van der Waals surface area contributed by atoms with Gasteiger partial charge < -0.3 is 5.73 Å². The molecule has 0 amide bonds. The van der Waals surface area contributed by atoms with E-state index in [1.807, 2.05) is 0 Å².